The Kier molecular flexibility index (Phi) is 4.95. The van der Waals surface area contributed by atoms with Crippen LogP contribution < -0.4 is 5.32 Å². The maximum absolute atomic E-state index is 13.7. The summed E-state index contributed by atoms with van der Waals surface area (Å²) in [6, 6.07) is 9.44. The van der Waals surface area contributed by atoms with E-state index >= 15 is 0 Å². The molecule has 0 unspecified atom stereocenters. The number of hydrogen-bond donors (Lipinski definition) is 1. The number of benzene rings is 1. The van der Waals surface area contributed by atoms with Crippen LogP contribution in [0.15, 0.2) is 56.7 Å². The van der Waals surface area contributed by atoms with E-state index in [0.717, 1.165) is 11.8 Å². The highest BCUT2D eigenvalue weighted by atomic mass is 32.2. The lowest BCUT2D eigenvalue weighted by molar-refractivity contribution is -0.119. The third kappa shape index (κ3) is 3.83. The smallest absolute Gasteiger partial charge is 0.277 e. The van der Waals surface area contributed by atoms with E-state index in [1.165, 1.54) is 6.07 Å². The standard InChI is InChI=1S/C16H14FN3O3S/c1-10(13-7-4-8-22-13)18-14(21)9-24-16-20-19-15(23-16)11-5-2-3-6-12(11)17/h2-8,10H,9H2,1H3,(H,18,21)/t10-/m0/s1. The molecule has 24 heavy (non-hydrogen) atoms. The molecule has 0 bridgehead atoms. The van der Waals surface area contributed by atoms with Gasteiger partial charge in [0.05, 0.1) is 23.6 Å². The minimum atomic E-state index is -0.442. The quantitative estimate of drug-likeness (QED) is 0.688. The van der Waals surface area contributed by atoms with Crippen LogP contribution >= 0.6 is 11.8 Å². The van der Waals surface area contributed by atoms with E-state index in [9.17, 15) is 9.18 Å². The average Bonchev–Trinajstić information content (AvgIpc) is 3.25. The maximum Gasteiger partial charge on any atom is 0.277 e. The van der Waals surface area contributed by atoms with Gasteiger partial charge in [-0.25, -0.2) is 4.39 Å². The van der Waals surface area contributed by atoms with Crippen molar-refractivity contribution in [1.82, 2.24) is 15.5 Å². The van der Waals surface area contributed by atoms with Crippen molar-refractivity contribution in [1.29, 1.82) is 0 Å². The number of furan rings is 1. The van der Waals surface area contributed by atoms with Gasteiger partial charge in [0.1, 0.15) is 11.6 Å². The van der Waals surface area contributed by atoms with Crippen LogP contribution in [0.25, 0.3) is 11.5 Å². The molecule has 3 rings (SSSR count). The van der Waals surface area contributed by atoms with Crippen LogP contribution in [0.5, 0.6) is 0 Å². The molecule has 2 heterocycles. The predicted octanol–water partition coefficient (Wildman–Crippen LogP) is 3.44. The van der Waals surface area contributed by atoms with Gasteiger partial charge in [-0.2, -0.15) is 0 Å². The molecule has 0 radical (unpaired) electrons. The zero-order valence-electron chi connectivity index (χ0n) is 12.7. The highest BCUT2D eigenvalue weighted by molar-refractivity contribution is 7.99. The monoisotopic (exact) mass is 347 g/mol. The Morgan fingerprint density at radius 1 is 1.29 bits per heavy atom. The zero-order valence-corrected chi connectivity index (χ0v) is 13.5. The van der Waals surface area contributed by atoms with E-state index in [-0.39, 0.29) is 34.4 Å². The van der Waals surface area contributed by atoms with E-state index in [1.807, 2.05) is 6.92 Å². The van der Waals surface area contributed by atoms with Gasteiger partial charge in [-0.15, -0.1) is 10.2 Å². The zero-order chi connectivity index (χ0) is 16.9. The van der Waals surface area contributed by atoms with Gasteiger partial charge >= 0.3 is 0 Å². The Bertz CT molecular complexity index is 820. The second kappa shape index (κ2) is 7.31. The second-order valence-corrected chi connectivity index (χ2v) is 5.87. The van der Waals surface area contributed by atoms with Crippen LogP contribution in [0, 0.1) is 5.82 Å². The largest absolute Gasteiger partial charge is 0.467 e. The van der Waals surface area contributed by atoms with E-state index < -0.39 is 5.82 Å². The first-order valence-electron chi connectivity index (χ1n) is 7.17. The summed E-state index contributed by atoms with van der Waals surface area (Å²) in [5.41, 5.74) is 0.229. The SMILES string of the molecule is C[C@H](NC(=O)CSc1nnc(-c2ccccc2F)o1)c1ccco1. The molecule has 8 heteroatoms. The first-order chi connectivity index (χ1) is 11.6. The van der Waals surface area contributed by atoms with Gasteiger partial charge in [-0.05, 0) is 31.2 Å². The van der Waals surface area contributed by atoms with Crippen molar-refractivity contribution in [3.63, 3.8) is 0 Å². The van der Waals surface area contributed by atoms with Crippen LogP contribution in [0.3, 0.4) is 0 Å². The molecule has 0 aliphatic rings. The first-order valence-corrected chi connectivity index (χ1v) is 8.16. The van der Waals surface area contributed by atoms with Gasteiger partial charge in [0, 0.05) is 0 Å². The Morgan fingerprint density at radius 2 is 2.12 bits per heavy atom. The molecule has 0 aliphatic carbocycles. The predicted molar refractivity (Wildman–Crippen MR) is 85.7 cm³/mol. The number of nitrogens with zero attached hydrogens (tertiary/aromatic N) is 2. The van der Waals surface area contributed by atoms with Gasteiger partial charge < -0.3 is 14.2 Å². The Hall–Kier alpha value is -2.61. The van der Waals surface area contributed by atoms with Crippen LogP contribution in [0.1, 0.15) is 18.7 Å². The van der Waals surface area contributed by atoms with E-state index in [2.05, 4.69) is 15.5 Å². The number of nitrogens with one attached hydrogen (secondary N) is 1. The third-order valence-electron chi connectivity index (χ3n) is 3.18. The summed E-state index contributed by atoms with van der Waals surface area (Å²) in [4.78, 5) is 11.9. The number of hydrogen-bond acceptors (Lipinski definition) is 6. The summed E-state index contributed by atoms with van der Waals surface area (Å²) in [6.45, 7) is 1.82. The fourth-order valence-corrected chi connectivity index (χ4v) is 2.61. The number of carbonyl (C=O) groups is 1. The molecule has 0 aliphatic heterocycles. The Balaban J connectivity index is 1.56. The highest BCUT2D eigenvalue weighted by Crippen LogP contribution is 2.25. The van der Waals surface area contributed by atoms with E-state index in [4.69, 9.17) is 8.83 Å². The molecule has 6 nitrogen and oxygen atoms in total. The van der Waals surface area contributed by atoms with Gasteiger partial charge in [0.2, 0.25) is 5.91 Å². The second-order valence-electron chi connectivity index (χ2n) is 4.95. The molecule has 0 fully saturated rings. The molecule has 1 atom stereocenters. The number of halogens is 1. The molecule has 1 aromatic carbocycles. The maximum atomic E-state index is 13.7. The summed E-state index contributed by atoms with van der Waals surface area (Å²) in [5.74, 6) is 0.217. The number of carbonyl (C=O) groups excluding carboxylic acids is 1. The minimum absolute atomic E-state index is 0.0833. The van der Waals surface area contributed by atoms with E-state index in [1.54, 1.807) is 36.6 Å². The van der Waals surface area contributed by atoms with Gasteiger partial charge in [-0.3, -0.25) is 4.79 Å². The summed E-state index contributed by atoms with van der Waals surface area (Å²) in [7, 11) is 0. The molecular weight excluding hydrogens is 333 g/mol. The van der Waals surface area contributed by atoms with Crippen molar-refractivity contribution in [2.75, 3.05) is 5.75 Å². The first kappa shape index (κ1) is 16.3. The van der Waals surface area contributed by atoms with Crippen LogP contribution in [-0.4, -0.2) is 21.9 Å². The normalized spacial score (nSPS) is 12.1. The third-order valence-corrected chi connectivity index (χ3v) is 4.00. The minimum Gasteiger partial charge on any atom is -0.467 e. The lowest BCUT2D eigenvalue weighted by Crippen LogP contribution is -2.27. The lowest BCUT2D eigenvalue weighted by atomic mass is 10.2. The fraction of sp³-hybridized carbons (Fsp3) is 0.188. The van der Waals surface area contributed by atoms with Crippen LogP contribution in [0.2, 0.25) is 0 Å². The van der Waals surface area contributed by atoms with Gasteiger partial charge in [-0.1, -0.05) is 23.9 Å². The Morgan fingerprint density at radius 3 is 2.88 bits per heavy atom. The van der Waals surface area contributed by atoms with Crippen molar-refractivity contribution in [3.8, 4) is 11.5 Å². The summed E-state index contributed by atoms with van der Waals surface area (Å²) in [6.07, 6.45) is 1.55. The number of rotatable bonds is 6. The number of thioether (sulfide) groups is 1. The fourth-order valence-electron chi connectivity index (χ4n) is 2.03. The van der Waals surface area contributed by atoms with Crippen molar-refractivity contribution in [2.45, 2.75) is 18.2 Å². The summed E-state index contributed by atoms with van der Waals surface area (Å²) >= 11 is 1.08. The van der Waals surface area contributed by atoms with Crippen molar-refractivity contribution in [3.05, 3.63) is 54.2 Å². The van der Waals surface area contributed by atoms with E-state index in [0.29, 0.717) is 5.76 Å². The lowest BCUT2D eigenvalue weighted by Gasteiger charge is -2.10. The molecule has 1 N–H and O–H groups in total. The van der Waals surface area contributed by atoms with Crippen molar-refractivity contribution in [2.24, 2.45) is 0 Å². The van der Waals surface area contributed by atoms with Gasteiger partial charge in [0.25, 0.3) is 11.1 Å². The Labute approximate surface area is 141 Å². The molecule has 0 saturated carbocycles. The summed E-state index contributed by atoms with van der Waals surface area (Å²) < 4.78 is 24.3. The molecule has 0 spiro atoms. The summed E-state index contributed by atoms with van der Waals surface area (Å²) in [5, 5.41) is 10.6. The van der Waals surface area contributed by atoms with Crippen LogP contribution in [-0.2, 0) is 4.79 Å². The van der Waals surface area contributed by atoms with Crippen LogP contribution in [0.4, 0.5) is 4.39 Å². The molecule has 2 aromatic heterocycles. The number of amides is 1. The topological polar surface area (TPSA) is 81.2 Å². The molecule has 124 valence electrons. The molecule has 0 saturated heterocycles. The van der Waals surface area contributed by atoms with Gasteiger partial charge in [0.15, 0.2) is 0 Å². The number of aromatic nitrogens is 2. The van der Waals surface area contributed by atoms with Crippen molar-refractivity contribution >= 4 is 17.7 Å². The molecular formula is C16H14FN3O3S. The highest BCUT2D eigenvalue weighted by Gasteiger charge is 2.15. The molecule has 3 aromatic rings. The molecule has 1 amide bonds. The van der Waals surface area contributed by atoms with Crippen molar-refractivity contribution < 1.29 is 18.0 Å². The average molecular weight is 347 g/mol.